The van der Waals surface area contributed by atoms with Crippen molar-refractivity contribution in [2.45, 2.75) is 19.9 Å². The summed E-state index contributed by atoms with van der Waals surface area (Å²) in [4.78, 5) is 2.29. The van der Waals surface area contributed by atoms with Crippen LogP contribution in [-0.4, -0.2) is 34.9 Å². The number of aromatic nitrogens is 2. The van der Waals surface area contributed by atoms with Crippen molar-refractivity contribution in [3.8, 4) is 5.75 Å². The van der Waals surface area contributed by atoms with Crippen LogP contribution in [0.25, 0.3) is 0 Å². The second kappa shape index (κ2) is 7.10. The van der Waals surface area contributed by atoms with Gasteiger partial charge in [-0.25, -0.2) is 0 Å². The molecule has 0 radical (unpaired) electrons. The lowest BCUT2D eigenvalue weighted by molar-refractivity contribution is 0.259. The minimum atomic E-state index is 0.750. The van der Waals surface area contributed by atoms with Crippen LogP contribution in [0.15, 0.2) is 36.7 Å². The van der Waals surface area contributed by atoms with Gasteiger partial charge < -0.3 is 9.64 Å². The van der Waals surface area contributed by atoms with Crippen LogP contribution >= 0.6 is 0 Å². The van der Waals surface area contributed by atoms with Crippen molar-refractivity contribution in [2.24, 2.45) is 7.05 Å². The molecule has 1 heterocycles. The molecule has 0 saturated heterocycles. The standard InChI is InChI=1S/C16H23N3O/c1-14-5-7-16(8-6-14)20-10-4-9-18(2)12-15-11-17-19(3)13-15/h5-8,11,13H,4,9-10,12H2,1-3H3. The first kappa shape index (κ1) is 14.6. The van der Waals surface area contributed by atoms with Gasteiger partial charge in [0, 0.05) is 31.9 Å². The lowest BCUT2D eigenvalue weighted by atomic mass is 10.2. The quantitative estimate of drug-likeness (QED) is 0.727. The van der Waals surface area contributed by atoms with E-state index in [-0.39, 0.29) is 0 Å². The van der Waals surface area contributed by atoms with Crippen molar-refractivity contribution in [1.29, 1.82) is 0 Å². The Kier molecular flexibility index (Phi) is 5.18. The lowest BCUT2D eigenvalue weighted by Crippen LogP contribution is -2.20. The molecule has 0 saturated carbocycles. The van der Waals surface area contributed by atoms with Crippen LogP contribution in [0.3, 0.4) is 0 Å². The first-order valence-corrected chi connectivity index (χ1v) is 6.99. The van der Waals surface area contributed by atoms with Gasteiger partial charge in [0.2, 0.25) is 0 Å². The summed E-state index contributed by atoms with van der Waals surface area (Å²) in [5.41, 5.74) is 2.50. The van der Waals surface area contributed by atoms with Gasteiger partial charge >= 0.3 is 0 Å². The predicted octanol–water partition coefficient (Wildman–Crippen LogP) is 2.63. The first-order valence-electron chi connectivity index (χ1n) is 6.99. The molecule has 2 rings (SSSR count). The summed E-state index contributed by atoms with van der Waals surface area (Å²) < 4.78 is 7.56. The van der Waals surface area contributed by atoms with Gasteiger partial charge in [0.25, 0.3) is 0 Å². The normalized spacial score (nSPS) is 11.0. The van der Waals surface area contributed by atoms with Gasteiger partial charge in [0.15, 0.2) is 0 Å². The second-order valence-electron chi connectivity index (χ2n) is 5.28. The van der Waals surface area contributed by atoms with E-state index >= 15 is 0 Å². The van der Waals surface area contributed by atoms with Crippen LogP contribution in [0, 0.1) is 6.92 Å². The Hall–Kier alpha value is -1.81. The van der Waals surface area contributed by atoms with E-state index in [0.29, 0.717) is 0 Å². The van der Waals surface area contributed by atoms with Gasteiger partial charge in [0.1, 0.15) is 5.75 Å². The fourth-order valence-corrected chi connectivity index (χ4v) is 2.10. The lowest BCUT2D eigenvalue weighted by Gasteiger charge is -2.15. The number of nitrogens with zero attached hydrogens (tertiary/aromatic N) is 3. The SMILES string of the molecule is Cc1ccc(OCCCN(C)Cc2cnn(C)c2)cc1. The third-order valence-corrected chi connectivity index (χ3v) is 3.18. The van der Waals surface area contributed by atoms with E-state index < -0.39 is 0 Å². The van der Waals surface area contributed by atoms with Crippen LogP contribution in [0.2, 0.25) is 0 Å². The maximum Gasteiger partial charge on any atom is 0.119 e. The molecule has 0 unspecified atom stereocenters. The molecule has 1 aromatic carbocycles. The fraction of sp³-hybridized carbons (Fsp3) is 0.438. The number of hydrogen-bond donors (Lipinski definition) is 0. The van der Waals surface area contributed by atoms with Gasteiger partial charge in [-0.1, -0.05) is 17.7 Å². The molecule has 0 fully saturated rings. The van der Waals surface area contributed by atoms with E-state index in [4.69, 9.17) is 4.74 Å². The Morgan fingerprint density at radius 3 is 2.65 bits per heavy atom. The highest BCUT2D eigenvalue weighted by molar-refractivity contribution is 5.26. The molecule has 0 N–H and O–H groups in total. The highest BCUT2D eigenvalue weighted by atomic mass is 16.5. The van der Waals surface area contributed by atoms with Gasteiger partial charge in [-0.3, -0.25) is 4.68 Å². The van der Waals surface area contributed by atoms with Crippen LogP contribution in [0.1, 0.15) is 17.5 Å². The molecule has 0 amide bonds. The Morgan fingerprint density at radius 1 is 1.25 bits per heavy atom. The Balaban J connectivity index is 1.64. The molecular formula is C16H23N3O. The van der Waals surface area contributed by atoms with Crippen LogP contribution in [0.5, 0.6) is 5.75 Å². The van der Waals surface area contributed by atoms with Crippen LogP contribution < -0.4 is 4.74 Å². The van der Waals surface area contributed by atoms with Crippen molar-refractivity contribution in [3.63, 3.8) is 0 Å². The van der Waals surface area contributed by atoms with Crippen molar-refractivity contribution in [1.82, 2.24) is 14.7 Å². The minimum absolute atomic E-state index is 0.750. The monoisotopic (exact) mass is 273 g/mol. The molecule has 0 aliphatic heterocycles. The van der Waals surface area contributed by atoms with Crippen LogP contribution in [-0.2, 0) is 13.6 Å². The summed E-state index contributed by atoms with van der Waals surface area (Å²) in [6.45, 7) is 4.77. The third-order valence-electron chi connectivity index (χ3n) is 3.18. The molecule has 1 aromatic heterocycles. The molecule has 0 aliphatic rings. The smallest absolute Gasteiger partial charge is 0.119 e. The molecule has 4 nitrogen and oxygen atoms in total. The average Bonchev–Trinajstić information content (AvgIpc) is 2.82. The number of aryl methyl sites for hydroxylation is 2. The molecule has 0 bridgehead atoms. The summed E-state index contributed by atoms with van der Waals surface area (Å²) in [5, 5.41) is 4.18. The van der Waals surface area contributed by atoms with E-state index in [2.05, 4.69) is 42.3 Å². The molecule has 20 heavy (non-hydrogen) atoms. The molecular weight excluding hydrogens is 250 g/mol. The van der Waals surface area contributed by atoms with Crippen LogP contribution in [0.4, 0.5) is 0 Å². The summed E-state index contributed by atoms with van der Waals surface area (Å²) in [6.07, 6.45) is 4.99. The first-order chi connectivity index (χ1) is 9.63. The van der Waals surface area contributed by atoms with Gasteiger partial charge in [-0.15, -0.1) is 0 Å². The predicted molar refractivity (Wildman–Crippen MR) is 80.8 cm³/mol. The van der Waals surface area contributed by atoms with Gasteiger partial charge in [0.05, 0.1) is 12.8 Å². The van der Waals surface area contributed by atoms with Crippen molar-refractivity contribution < 1.29 is 4.74 Å². The Bertz CT molecular complexity index is 519. The van der Waals surface area contributed by atoms with E-state index in [0.717, 1.165) is 31.9 Å². The maximum absolute atomic E-state index is 5.72. The van der Waals surface area contributed by atoms with Gasteiger partial charge in [-0.2, -0.15) is 5.10 Å². The largest absolute Gasteiger partial charge is 0.494 e. The molecule has 0 spiro atoms. The topological polar surface area (TPSA) is 30.3 Å². The molecule has 0 atom stereocenters. The van der Waals surface area contributed by atoms with Crippen molar-refractivity contribution in [3.05, 3.63) is 47.8 Å². The number of hydrogen-bond acceptors (Lipinski definition) is 3. The molecule has 0 aliphatic carbocycles. The number of ether oxygens (including phenoxy) is 1. The number of benzene rings is 1. The molecule has 2 aromatic rings. The van der Waals surface area contributed by atoms with E-state index in [9.17, 15) is 0 Å². The van der Waals surface area contributed by atoms with E-state index in [1.807, 2.05) is 30.1 Å². The maximum atomic E-state index is 5.72. The summed E-state index contributed by atoms with van der Waals surface area (Å²) in [7, 11) is 4.07. The zero-order chi connectivity index (χ0) is 14.4. The van der Waals surface area contributed by atoms with E-state index in [1.165, 1.54) is 11.1 Å². The Labute approximate surface area is 121 Å². The van der Waals surface area contributed by atoms with Crippen molar-refractivity contribution >= 4 is 0 Å². The zero-order valence-corrected chi connectivity index (χ0v) is 12.5. The fourth-order valence-electron chi connectivity index (χ4n) is 2.10. The summed E-state index contributed by atoms with van der Waals surface area (Å²) in [5.74, 6) is 0.950. The average molecular weight is 273 g/mol. The highest BCUT2D eigenvalue weighted by Crippen LogP contribution is 2.11. The third kappa shape index (κ3) is 4.70. The molecule has 4 heteroatoms. The molecule has 108 valence electrons. The second-order valence-corrected chi connectivity index (χ2v) is 5.28. The Morgan fingerprint density at radius 2 is 2.00 bits per heavy atom. The zero-order valence-electron chi connectivity index (χ0n) is 12.5. The summed E-state index contributed by atoms with van der Waals surface area (Å²) in [6, 6.07) is 8.19. The highest BCUT2D eigenvalue weighted by Gasteiger charge is 2.02. The van der Waals surface area contributed by atoms with Crippen molar-refractivity contribution in [2.75, 3.05) is 20.2 Å². The summed E-state index contributed by atoms with van der Waals surface area (Å²) >= 11 is 0. The van der Waals surface area contributed by atoms with E-state index in [1.54, 1.807) is 0 Å². The number of rotatable bonds is 7. The minimum Gasteiger partial charge on any atom is -0.494 e. The van der Waals surface area contributed by atoms with Gasteiger partial charge in [-0.05, 0) is 32.5 Å².